The number of ether oxygens (including phenoxy) is 1. The third kappa shape index (κ3) is 2.47. The van der Waals surface area contributed by atoms with Crippen molar-refractivity contribution in [1.29, 1.82) is 0 Å². The second kappa shape index (κ2) is 5.63. The predicted octanol–water partition coefficient (Wildman–Crippen LogP) is 2.64. The fourth-order valence-electron chi connectivity index (χ4n) is 2.47. The van der Waals surface area contributed by atoms with Gasteiger partial charge in [-0.3, -0.25) is 0 Å². The standard InChI is InChI=1S/C16H19N5O/c1-11-9-15(21-16(19-11)17-10-18-21)20(3)12(2)13-5-7-14(22-4)8-6-13/h5-10,12H,1-4H3. The summed E-state index contributed by atoms with van der Waals surface area (Å²) in [5.74, 6) is 2.43. The first-order valence-corrected chi connectivity index (χ1v) is 7.14. The molecule has 0 aliphatic heterocycles. The molecule has 3 rings (SSSR count). The fourth-order valence-corrected chi connectivity index (χ4v) is 2.47. The topological polar surface area (TPSA) is 55.5 Å². The average molecular weight is 297 g/mol. The first kappa shape index (κ1) is 14.3. The van der Waals surface area contributed by atoms with E-state index in [1.165, 1.54) is 11.9 Å². The van der Waals surface area contributed by atoms with E-state index >= 15 is 0 Å². The fraction of sp³-hybridized carbons (Fsp3) is 0.312. The highest BCUT2D eigenvalue weighted by molar-refractivity contribution is 5.48. The first-order valence-electron chi connectivity index (χ1n) is 7.14. The van der Waals surface area contributed by atoms with Gasteiger partial charge in [-0.05, 0) is 31.5 Å². The van der Waals surface area contributed by atoms with Gasteiger partial charge in [-0.15, -0.1) is 0 Å². The Hall–Kier alpha value is -2.63. The summed E-state index contributed by atoms with van der Waals surface area (Å²) in [5, 5.41) is 4.27. The first-order chi connectivity index (χ1) is 10.6. The van der Waals surface area contributed by atoms with E-state index in [1.54, 1.807) is 11.6 Å². The average Bonchev–Trinajstić information content (AvgIpc) is 3.01. The molecule has 22 heavy (non-hydrogen) atoms. The van der Waals surface area contributed by atoms with Gasteiger partial charge in [-0.2, -0.15) is 14.6 Å². The predicted molar refractivity (Wildman–Crippen MR) is 85.3 cm³/mol. The zero-order valence-corrected chi connectivity index (χ0v) is 13.2. The van der Waals surface area contributed by atoms with E-state index in [0.29, 0.717) is 5.78 Å². The van der Waals surface area contributed by atoms with Crippen molar-refractivity contribution in [3.8, 4) is 5.75 Å². The molecule has 1 aromatic carbocycles. The van der Waals surface area contributed by atoms with Gasteiger partial charge in [0.1, 0.15) is 17.9 Å². The van der Waals surface area contributed by atoms with Crippen molar-refractivity contribution in [2.75, 3.05) is 19.1 Å². The van der Waals surface area contributed by atoms with Crippen molar-refractivity contribution in [3.05, 3.63) is 47.9 Å². The van der Waals surface area contributed by atoms with Crippen LogP contribution in [0.25, 0.3) is 5.78 Å². The van der Waals surface area contributed by atoms with Gasteiger partial charge in [-0.25, -0.2) is 4.98 Å². The highest BCUT2D eigenvalue weighted by atomic mass is 16.5. The number of fused-ring (bicyclic) bond motifs is 1. The van der Waals surface area contributed by atoms with Crippen LogP contribution in [0.5, 0.6) is 5.75 Å². The minimum absolute atomic E-state index is 0.181. The number of methoxy groups -OCH3 is 1. The Balaban J connectivity index is 1.97. The Morgan fingerprint density at radius 3 is 2.64 bits per heavy atom. The zero-order chi connectivity index (χ0) is 15.7. The summed E-state index contributed by atoms with van der Waals surface area (Å²) in [6.07, 6.45) is 1.52. The molecule has 0 N–H and O–H groups in total. The maximum Gasteiger partial charge on any atom is 0.254 e. The van der Waals surface area contributed by atoms with Gasteiger partial charge >= 0.3 is 0 Å². The Kier molecular flexibility index (Phi) is 3.66. The van der Waals surface area contributed by atoms with Crippen molar-refractivity contribution in [2.24, 2.45) is 0 Å². The molecule has 0 aliphatic carbocycles. The minimum Gasteiger partial charge on any atom is -0.497 e. The van der Waals surface area contributed by atoms with Gasteiger partial charge in [0.05, 0.1) is 13.2 Å². The molecule has 0 fully saturated rings. The van der Waals surface area contributed by atoms with E-state index in [4.69, 9.17) is 4.74 Å². The summed E-state index contributed by atoms with van der Waals surface area (Å²) in [5.41, 5.74) is 2.12. The van der Waals surface area contributed by atoms with Gasteiger partial charge in [0, 0.05) is 18.8 Å². The molecule has 114 valence electrons. The molecule has 6 nitrogen and oxygen atoms in total. The van der Waals surface area contributed by atoms with Gasteiger partial charge in [-0.1, -0.05) is 12.1 Å². The van der Waals surface area contributed by atoms with Crippen LogP contribution in [0.2, 0.25) is 0 Å². The van der Waals surface area contributed by atoms with Crippen LogP contribution in [0.15, 0.2) is 36.7 Å². The minimum atomic E-state index is 0.181. The largest absolute Gasteiger partial charge is 0.497 e. The Morgan fingerprint density at radius 2 is 1.95 bits per heavy atom. The number of hydrogen-bond acceptors (Lipinski definition) is 5. The lowest BCUT2D eigenvalue weighted by molar-refractivity contribution is 0.414. The van der Waals surface area contributed by atoms with Crippen molar-refractivity contribution in [3.63, 3.8) is 0 Å². The quantitative estimate of drug-likeness (QED) is 0.741. The molecule has 6 heteroatoms. The van der Waals surface area contributed by atoms with E-state index in [-0.39, 0.29) is 6.04 Å². The number of nitrogens with zero attached hydrogens (tertiary/aromatic N) is 5. The van der Waals surface area contributed by atoms with E-state index in [2.05, 4.69) is 39.0 Å². The summed E-state index contributed by atoms with van der Waals surface area (Å²) >= 11 is 0. The molecule has 2 heterocycles. The van der Waals surface area contributed by atoms with Crippen LogP contribution in [-0.2, 0) is 0 Å². The van der Waals surface area contributed by atoms with Gasteiger partial charge in [0.2, 0.25) is 0 Å². The van der Waals surface area contributed by atoms with Crippen molar-refractivity contribution in [1.82, 2.24) is 19.6 Å². The molecule has 0 spiro atoms. The van der Waals surface area contributed by atoms with Crippen LogP contribution in [0.3, 0.4) is 0 Å². The molecular formula is C16H19N5O. The molecule has 0 amide bonds. The molecule has 1 atom stereocenters. The molecule has 3 aromatic rings. The van der Waals surface area contributed by atoms with Crippen LogP contribution in [0.1, 0.15) is 24.2 Å². The summed E-state index contributed by atoms with van der Waals surface area (Å²) in [7, 11) is 3.72. The van der Waals surface area contributed by atoms with Crippen LogP contribution in [0, 0.1) is 6.92 Å². The molecule has 0 aliphatic rings. The molecule has 0 bridgehead atoms. The Morgan fingerprint density at radius 1 is 1.23 bits per heavy atom. The normalized spacial score (nSPS) is 12.4. The third-order valence-corrected chi connectivity index (χ3v) is 3.90. The summed E-state index contributed by atoms with van der Waals surface area (Å²) in [6.45, 7) is 4.12. The Labute approximate surface area is 129 Å². The van der Waals surface area contributed by atoms with Gasteiger partial charge in [0.15, 0.2) is 0 Å². The molecule has 2 aromatic heterocycles. The maximum atomic E-state index is 5.21. The van der Waals surface area contributed by atoms with Crippen LogP contribution in [-0.4, -0.2) is 33.7 Å². The number of rotatable bonds is 4. The van der Waals surface area contributed by atoms with E-state index in [0.717, 1.165) is 17.3 Å². The number of benzene rings is 1. The van der Waals surface area contributed by atoms with Crippen molar-refractivity contribution < 1.29 is 4.74 Å². The van der Waals surface area contributed by atoms with Gasteiger partial charge < -0.3 is 9.64 Å². The lowest BCUT2D eigenvalue weighted by Crippen LogP contribution is -2.24. The van der Waals surface area contributed by atoms with Crippen LogP contribution in [0.4, 0.5) is 5.82 Å². The SMILES string of the molecule is COc1ccc(C(C)N(C)c2cc(C)nc3ncnn23)cc1. The highest BCUT2D eigenvalue weighted by Crippen LogP contribution is 2.26. The number of aryl methyl sites for hydroxylation is 1. The number of anilines is 1. The second-order valence-electron chi connectivity index (χ2n) is 5.29. The number of aromatic nitrogens is 4. The monoisotopic (exact) mass is 297 g/mol. The lowest BCUT2D eigenvalue weighted by atomic mass is 10.1. The Bertz CT molecular complexity index is 781. The molecule has 0 saturated heterocycles. The van der Waals surface area contributed by atoms with E-state index < -0.39 is 0 Å². The summed E-state index contributed by atoms with van der Waals surface area (Å²) < 4.78 is 6.97. The van der Waals surface area contributed by atoms with Crippen molar-refractivity contribution >= 4 is 11.6 Å². The molecular weight excluding hydrogens is 278 g/mol. The third-order valence-electron chi connectivity index (χ3n) is 3.90. The van der Waals surface area contributed by atoms with E-state index in [1.807, 2.05) is 32.2 Å². The van der Waals surface area contributed by atoms with Crippen LogP contribution < -0.4 is 9.64 Å². The summed E-state index contributed by atoms with van der Waals surface area (Å²) in [4.78, 5) is 10.7. The highest BCUT2D eigenvalue weighted by Gasteiger charge is 2.17. The summed E-state index contributed by atoms with van der Waals surface area (Å²) in [6, 6.07) is 10.3. The van der Waals surface area contributed by atoms with Crippen LogP contribution >= 0.6 is 0 Å². The second-order valence-corrected chi connectivity index (χ2v) is 5.29. The molecule has 0 radical (unpaired) electrons. The zero-order valence-electron chi connectivity index (χ0n) is 13.2. The smallest absolute Gasteiger partial charge is 0.254 e. The molecule has 1 unspecified atom stereocenters. The van der Waals surface area contributed by atoms with Gasteiger partial charge in [0.25, 0.3) is 5.78 Å². The van der Waals surface area contributed by atoms with E-state index in [9.17, 15) is 0 Å². The molecule has 0 saturated carbocycles. The number of hydrogen-bond donors (Lipinski definition) is 0. The lowest BCUT2D eigenvalue weighted by Gasteiger charge is -2.27. The maximum absolute atomic E-state index is 5.21. The van der Waals surface area contributed by atoms with Crippen molar-refractivity contribution in [2.45, 2.75) is 19.9 Å².